The van der Waals surface area contributed by atoms with Gasteiger partial charge in [0.05, 0.1) is 24.2 Å². The Bertz CT molecular complexity index is 1440. The molecule has 4 aromatic rings. The van der Waals surface area contributed by atoms with Crippen LogP contribution in [0.25, 0.3) is 10.9 Å². The van der Waals surface area contributed by atoms with E-state index in [0.29, 0.717) is 18.7 Å². The molecule has 0 radical (unpaired) electrons. The van der Waals surface area contributed by atoms with E-state index in [2.05, 4.69) is 72.2 Å². The van der Waals surface area contributed by atoms with Crippen LogP contribution >= 0.6 is 0 Å². The summed E-state index contributed by atoms with van der Waals surface area (Å²) in [4.78, 5) is 18.8. The van der Waals surface area contributed by atoms with Gasteiger partial charge in [-0.05, 0) is 74.2 Å². The normalized spacial score (nSPS) is 12.9. The molecule has 0 bridgehead atoms. The van der Waals surface area contributed by atoms with Gasteiger partial charge in [-0.1, -0.05) is 44.2 Å². The van der Waals surface area contributed by atoms with Gasteiger partial charge in [-0.2, -0.15) is 0 Å². The molecule has 196 valence electrons. The van der Waals surface area contributed by atoms with Gasteiger partial charge in [0, 0.05) is 29.6 Å². The third-order valence-corrected chi connectivity index (χ3v) is 7.52. The van der Waals surface area contributed by atoms with Crippen molar-refractivity contribution in [1.82, 2.24) is 30.1 Å². The van der Waals surface area contributed by atoms with Gasteiger partial charge in [-0.3, -0.25) is 9.69 Å². The molecule has 0 unspecified atom stereocenters. The number of hydrogen-bond acceptors (Lipinski definition) is 6. The molecule has 0 saturated carbocycles. The third kappa shape index (κ3) is 5.30. The average Bonchev–Trinajstić information content (AvgIpc) is 3.38. The smallest absolute Gasteiger partial charge is 0.252 e. The van der Waals surface area contributed by atoms with Crippen LogP contribution in [0.5, 0.6) is 5.75 Å². The lowest BCUT2D eigenvalue weighted by Gasteiger charge is -2.33. The number of nitrogens with zero attached hydrogens (tertiary/aromatic N) is 5. The molecule has 0 aliphatic heterocycles. The molecule has 0 amide bonds. The number of aryl methyl sites for hydroxylation is 2. The zero-order valence-corrected chi connectivity index (χ0v) is 23.0. The van der Waals surface area contributed by atoms with Crippen molar-refractivity contribution in [3.63, 3.8) is 0 Å². The number of benzene rings is 2. The predicted molar refractivity (Wildman–Crippen MR) is 147 cm³/mol. The molecular weight excluding hydrogens is 464 g/mol. The van der Waals surface area contributed by atoms with Gasteiger partial charge < -0.3 is 9.72 Å². The number of methoxy groups -OCH3 is 1. The fourth-order valence-electron chi connectivity index (χ4n) is 4.87. The van der Waals surface area contributed by atoms with Crippen molar-refractivity contribution in [2.24, 2.45) is 0 Å². The van der Waals surface area contributed by atoms with E-state index in [-0.39, 0.29) is 17.1 Å². The molecule has 2 aromatic carbocycles. The van der Waals surface area contributed by atoms with Crippen LogP contribution in [0.2, 0.25) is 0 Å². The number of para-hydroxylation sites is 1. The van der Waals surface area contributed by atoms with E-state index in [1.54, 1.807) is 7.11 Å². The molecule has 2 heterocycles. The van der Waals surface area contributed by atoms with Crippen molar-refractivity contribution >= 4 is 10.9 Å². The summed E-state index contributed by atoms with van der Waals surface area (Å²) in [6.07, 6.45) is 1.66. The van der Waals surface area contributed by atoms with Gasteiger partial charge >= 0.3 is 0 Å². The Hall–Kier alpha value is -3.52. The minimum Gasteiger partial charge on any atom is -0.496 e. The Kier molecular flexibility index (Phi) is 7.78. The number of rotatable bonds is 10. The lowest BCUT2D eigenvalue weighted by molar-refractivity contribution is 0.149. The zero-order valence-electron chi connectivity index (χ0n) is 23.0. The summed E-state index contributed by atoms with van der Waals surface area (Å²) in [6.45, 7) is 13.7. The van der Waals surface area contributed by atoms with Crippen molar-refractivity contribution in [2.75, 3.05) is 7.11 Å². The summed E-state index contributed by atoms with van der Waals surface area (Å²) in [5.74, 6) is 1.61. The second kappa shape index (κ2) is 10.8. The topological polar surface area (TPSA) is 88.9 Å². The highest BCUT2D eigenvalue weighted by molar-refractivity contribution is 5.85. The quantitative estimate of drug-likeness (QED) is 0.311. The van der Waals surface area contributed by atoms with Crippen LogP contribution in [0.15, 0.2) is 47.3 Å². The molecule has 0 spiro atoms. The fraction of sp³-hybridized carbons (Fsp3) is 0.448. The maximum atomic E-state index is 13.3. The fourth-order valence-corrected chi connectivity index (χ4v) is 4.87. The van der Waals surface area contributed by atoms with E-state index in [1.165, 1.54) is 0 Å². The summed E-state index contributed by atoms with van der Waals surface area (Å²) in [5.41, 5.74) is 4.53. The van der Waals surface area contributed by atoms with Crippen LogP contribution in [0.3, 0.4) is 0 Å². The van der Waals surface area contributed by atoms with E-state index in [1.807, 2.05) is 41.9 Å². The van der Waals surface area contributed by atoms with E-state index < -0.39 is 0 Å². The first-order valence-electron chi connectivity index (χ1n) is 13.0. The number of tetrazole rings is 1. The van der Waals surface area contributed by atoms with Gasteiger partial charge in [0.25, 0.3) is 5.56 Å². The van der Waals surface area contributed by atoms with Crippen LogP contribution < -0.4 is 10.3 Å². The Morgan fingerprint density at radius 3 is 2.46 bits per heavy atom. The van der Waals surface area contributed by atoms with Crippen LogP contribution in [-0.4, -0.2) is 37.2 Å². The third-order valence-electron chi connectivity index (χ3n) is 7.52. The summed E-state index contributed by atoms with van der Waals surface area (Å²) >= 11 is 0. The molecule has 8 nitrogen and oxygen atoms in total. The highest BCUT2D eigenvalue weighted by atomic mass is 16.5. The number of aromatic nitrogens is 5. The summed E-state index contributed by atoms with van der Waals surface area (Å²) in [5, 5.41) is 14.0. The number of H-pyrrole nitrogens is 1. The molecule has 37 heavy (non-hydrogen) atoms. The average molecular weight is 503 g/mol. The molecule has 4 rings (SSSR count). The molecule has 0 aliphatic rings. The van der Waals surface area contributed by atoms with Crippen LogP contribution in [0.4, 0.5) is 0 Å². The summed E-state index contributed by atoms with van der Waals surface area (Å²) in [6, 6.07) is 14.1. The minimum absolute atomic E-state index is 0.0745. The molecule has 1 atom stereocenters. The number of hydrogen-bond donors (Lipinski definition) is 1. The number of ether oxygens (including phenoxy) is 1. The number of nitrogens with one attached hydrogen (secondary N) is 1. The Labute approximate surface area is 218 Å². The van der Waals surface area contributed by atoms with E-state index >= 15 is 0 Å². The largest absolute Gasteiger partial charge is 0.496 e. The first-order chi connectivity index (χ1) is 17.7. The first kappa shape index (κ1) is 26.5. The van der Waals surface area contributed by atoms with Gasteiger partial charge in [0.1, 0.15) is 5.75 Å². The maximum Gasteiger partial charge on any atom is 0.252 e. The second-order valence-electron chi connectivity index (χ2n) is 10.4. The van der Waals surface area contributed by atoms with E-state index in [0.717, 1.165) is 52.0 Å². The van der Waals surface area contributed by atoms with Gasteiger partial charge in [-0.15, -0.1) is 5.10 Å². The lowest BCUT2D eigenvalue weighted by atomic mass is 10.0. The Balaban J connectivity index is 1.83. The summed E-state index contributed by atoms with van der Waals surface area (Å²) in [7, 11) is 1.68. The first-order valence-corrected chi connectivity index (χ1v) is 13.0. The molecule has 0 saturated heterocycles. The van der Waals surface area contributed by atoms with Gasteiger partial charge in [0.2, 0.25) is 0 Å². The van der Waals surface area contributed by atoms with Crippen molar-refractivity contribution in [3.05, 3.63) is 80.9 Å². The highest BCUT2D eigenvalue weighted by Gasteiger charge is 2.31. The molecule has 8 heteroatoms. The van der Waals surface area contributed by atoms with Crippen LogP contribution in [-0.2, 0) is 18.6 Å². The van der Waals surface area contributed by atoms with Crippen molar-refractivity contribution in [3.8, 4) is 5.75 Å². The molecule has 1 N–H and O–H groups in total. The van der Waals surface area contributed by atoms with Crippen molar-refractivity contribution in [2.45, 2.75) is 79.1 Å². The van der Waals surface area contributed by atoms with Crippen LogP contribution in [0.1, 0.15) is 74.7 Å². The van der Waals surface area contributed by atoms with E-state index in [9.17, 15) is 4.79 Å². The van der Waals surface area contributed by atoms with Crippen LogP contribution in [0, 0.1) is 13.8 Å². The van der Waals surface area contributed by atoms with Crippen molar-refractivity contribution < 1.29 is 4.74 Å². The highest BCUT2D eigenvalue weighted by Crippen LogP contribution is 2.32. The standard InChI is InChI=1S/C29H38N6O2/c1-8-24(27-31-32-33-35(27)29(5,6)9-2)34(17-21-12-10-11-13-25(21)37-7)18-22-16-23-19(3)14-15-20(4)26(23)30-28(22)36/h10-16,24H,8-9,17-18H2,1-7H3,(H,30,36)/t24-/m0/s1. The molecule has 2 aromatic heterocycles. The Morgan fingerprint density at radius 2 is 1.76 bits per heavy atom. The summed E-state index contributed by atoms with van der Waals surface area (Å²) < 4.78 is 7.61. The zero-order chi connectivity index (χ0) is 26.7. The Morgan fingerprint density at radius 1 is 1.05 bits per heavy atom. The monoisotopic (exact) mass is 502 g/mol. The lowest BCUT2D eigenvalue weighted by Crippen LogP contribution is -2.36. The number of pyridine rings is 1. The SMILES string of the molecule is CC[C@@H](c1nnnn1C(C)(C)CC)N(Cc1ccccc1OC)Cc1cc2c(C)ccc(C)c2[nH]c1=O. The number of aromatic amines is 1. The second-order valence-corrected chi connectivity index (χ2v) is 10.4. The molecule has 0 aliphatic carbocycles. The van der Waals surface area contributed by atoms with Gasteiger partial charge in [0.15, 0.2) is 5.82 Å². The van der Waals surface area contributed by atoms with Gasteiger partial charge in [-0.25, -0.2) is 4.68 Å². The maximum absolute atomic E-state index is 13.3. The minimum atomic E-state index is -0.239. The molecule has 0 fully saturated rings. The predicted octanol–water partition coefficient (Wildman–Crippen LogP) is 5.44. The van der Waals surface area contributed by atoms with E-state index in [4.69, 9.17) is 4.74 Å². The van der Waals surface area contributed by atoms with Crippen molar-refractivity contribution in [1.29, 1.82) is 0 Å². The number of fused-ring (bicyclic) bond motifs is 1. The molecular formula is C29H38N6O2.